The summed E-state index contributed by atoms with van der Waals surface area (Å²) >= 11 is 1.33. The fraction of sp³-hybridized carbons (Fsp3) is 0.250. The molecular formula is C16H16N4O3S. The van der Waals surface area contributed by atoms with Gasteiger partial charge in [-0.15, -0.1) is 11.3 Å². The number of aromatic nitrogens is 3. The van der Waals surface area contributed by atoms with Crippen LogP contribution in [-0.4, -0.2) is 33.6 Å². The molecule has 0 unspecified atom stereocenters. The highest BCUT2D eigenvalue weighted by atomic mass is 32.1. The van der Waals surface area contributed by atoms with Crippen molar-refractivity contribution in [2.45, 2.75) is 13.0 Å². The second-order valence-electron chi connectivity index (χ2n) is 5.05. The molecule has 0 bridgehead atoms. The summed E-state index contributed by atoms with van der Waals surface area (Å²) in [6, 6.07) is 5.41. The summed E-state index contributed by atoms with van der Waals surface area (Å²) in [4.78, 5) is 32.2. The maximum absolute atomic E-state index is 12.2. The van der Waals surface area contributed by atoms with Crippen LogP contribution >= 0.6 is 11.3 Å². The maximum Gasteiger partial charge on any atom is 0.271 e. The molecule has 0 saturated carbocycles. The topological polar surface area (TPSA) is 86.1 Å². The van der Waals surface area contributed by atoms with E-state index < -0.39 is 0 Å². The van der Waals surface area contributed by atoms with Crippen molar-refractivity contribution in [1.82, 2.24) is 19.9 Å². The van der Waals surface area contributed by atoms with Gasteiger partial charge in [-0.3, -0.25) is 19.1 Å². The van der Waals surface area contributed by atoms with Crippen LogP contribution in [0.2, 0.25) is 0 Å². The summed E-state index contributed by atoms with van der Waals surface area (Å²) in [5.74, 6) is 0.474. The van der Waals surface area contributed by atoms with Gasteiger partial charge in [-0.1, -0.05) is 0 Å². The molecule has 0 spiro atoms. The molecule has 0 aromatic carbocycles. The van der Waals surface area contributed by atoms with Crippen LogP contribution in [0.4, 0.5) is 0 Å². The zero-order chi connectivity index (χ0) is 16.8. The summed E-state index contributed by atoms with van der Waals surface area (Å²) in [7, 11) is 0. The second kappa shape index (κ2) is 7.69. The Morgan fingerprint density at radius 2 is 2.29 bits per heavy atom. The minimum absolute atomic E-state index is 0.0386. The summed E-state index contributed by atoms with van der Waals surface area (Å²) < 4.78 is 7.37. The molecule has 0 aliphatic carbocycles. The Balaban J connectivity index is 1.44. The van der Waals surface area contributed by atoms with Gasteiger partial charge in [0.15, 0.2) is 0 Å². The van der Waals surface area contributed by atoms with Gasteiger partial charge in [0.2, 0.25) is 5.91 Å². The summed E-state index contributed by atoms with van der Waals surface area (Å²) in [5, 5.41) is 4.58. The lowest BCUT2D eigenvalue weighted by Crippen LogP contribution is -2.33. The van der Waals surface area contributed by atoms with Gasteiger partial charge in [0, 0.05) is 12.7 Å². The number of fused-ring (bicyclic) bond motifs is 1. The van der Waals surface area contributed by atoms with Crippen LogP contribution in [0.3, 0.4) is 0 Å². The van der Waals surface area contributed by atoms with Gasteiger partial charge in [-0.25, -0.2) is 4.98 Å². The highest BCUT2D eigenvalue weighted by Crippen LogP contribution is 2.12. The van der Waals surface area contributed by atoms with Crippen LogP contribution in [0.15, 0.2) is 47.1 Å². The zero-order valence-electron chi connectivity index (χ0n) is 12.8. The van der Waals surface area contributed by atoms with Gasteiger partial charge < -0.3 is 10.1 Å². The number of hydrogen-bond acceptors (Lipinski definition) is 6. The lowest BCUT2D eigenvalue weighted by Gasteiger charge is -2.08. The summed E-state index contributed by atoms with van der Waals surface area (Å²) in [6.45, 7) is 0.917. The first kappa shape index (κ1) is 16.1. The van der Waals surface area contributed by atoms with E-state index in [0.717, 1.165) is 0 Å². The van der Waals surface area contributed by atoms with Crippen molar-refractivity contribution >= 4 is 27.5 Å². The first-order chi connectivity index (χ1) is 11.7. The van der Waals surface area contributed by atoms with E-state index in [1.165, 1.54) is 22.2 Å². The van der Waals surface area contributed by atoms with Crippen LogP contribution in [0.5, 0.6) is 5.75 Å². The number of rotatable bonds is 7. The van der Waals surface area contributed by atoms with Crippen LogP contribution < -0.4 is 15.6 Å². The van der Waals surface area contributed by atoms with E-state index in [9.17, 15) is 9.59 Å². The molecule has 1 N–H and O–H groups in total. The Kier molecular flexibility index (Phi) is 5.17. The molecule has 8 heteroatoms. The fourth-order valence-corrected chi connectivity index (χ4v) is 2.92. The summed E-state index contributed by atoms with van der Waals surface area (Å²) in [5.41, 5.74) is 0.472. The molecule has 0 aliphatic heterocycles. The fourth-order valence-electron chi connectivity index (χ4n) is 2.12. The van der Waals surface area contributed by atoms with Gasteiger partial charge in [-0.05, 0) is 30.0 Å². The molecule has 3 aromatic heterocycles. The number of pyridine rings is 1. The van der Waals surface area contributed by atoms with Crippen LogP contribution in [0.1, 0.15) is 6.42 Å². The second-order valence-corrected chi connectivity index (χ2v) is 5.97. The van der Waals surface area contributed by atoms with Crippen molar-refractivity contribution in [3.63, 3.8) is 0 Å². The van der Waals surface area contributed by atoms with Gasteiger partial charge in [0.1, 0.15) is 17.0 Å². The Hall–Kier alpha value is -2.74. The molecule has 3 heterocycles. The number of thiophene rings is 1. The van der Waals surface area contributed by atoms with Crippen molar-refractivity contribution in [3.8, 4) is 5.75 Å². The predicted octanol–water partition coefficient (Wildman–Crippen LogP) is 1.44. The van der Waals surface area contributed by atoms with Crippen molar-refractivity contribution in [2.24, 2.45) is 0 Å². The average Bonchev–Trinajstić information content (AvgIpc) is 3.07. The number of carbonyl (C=O) groups is 1. The quantitative estimate of drug-likeness (QED) is 0.656. The van der Waals surface area contributed by atoms with E-state index >= 15 is 0 Å². The normalized spacial score (nSPS) is 10.7. The molecule has 1 amide bonds. The third-order valence-electron chi connectivity index (χ3n) is 3.30. The number of nitrogens with zero attached hydrogens (tertiary/aromatic N) is 3. The van der Waals surface area contributed by atoms with Crippen LogP contribution in [0, 0.1) is 0 Å². The number of ether oxygens (including phenoxy) is 1. The average molecular weight is 344 g/mol. The van der Waals surface area contributed by atoms with Crippen molar-refractivity contribution in [3.05, 3.63) is 52.7 Å². The molecule has 124 valence electrons. The molecule has 0 radical (unpaired) electrons. The molecule has 0 atom stereocenters. The Morgan fingerprint density at radius 3 is 3.12 bits per heavy atom. The summed E-state index contributed by atoms with van der Waals surface area (Å²) in [6.07, 6.45) is 5.39. The Bertz CT molecular complexity index is 876. The number of nitrogens with one attached hydrogen (secondary N) is 1. The zero-order valence-corrected chi connectivity index (χ0v) is 13.7. The molecule has 24 heavy (non-hydrogen) atoms. The molecule has 7 nitrogen and oxygen atoms in total. The van der Waals surface area contributed by atoms with E-state index in [1.54, 1.807) is 24.5 Å². The lowest BCUT2D eigenvalue weighted by atomic mass is 10.4. The SMILES string of the molecule is O=C(Cn1cnc2ccsc2c1=O)NCCCOc1cccnc1. The van der Waals surface area contributed by atoms with E-state index in [2.05, 4.69) is 15.3 Å². The van der Waals surface area contributed by atoms with Crippen molar-refractivity contribution < 1.29 is 9.53 Å². The van der Waals surface area contributed by atoms with Crippen molar-refractivity contribution in [1.29, 1.82) is 0 Å². The Morgan fingerprint density at radius 1 is 1.38 bits per heavy atom. The highest BCUT2D eigenvalue weighted by molar-refractivity contribution is 7.17. The van der Waals surface area contributed by atoms with Crippen LogP contribution in [0.25, 0.3) is 10.2 Å². The third kappa shape index (κ3) is 3.96. The van der Waals surface area contributed by atoms with E-state index in [4.69, 9.17) is 4.74 Å². The molecule has 0 fully saturated rings. The van der Waals surface area contributed by atoms with Gasteiger partial charge in [0.25, 0.3) is 5.56 Å². The lowest BCUT2D eigenvalue weighted by molar-refractivity contribution is -0.121. The standard InChI is InChI=1S/C16H16N4O3S/c21-14(18-6-2-7-23-12-3-1-5-17-9-12)10-20-11-19-13-4-8-24-15(13)16(20)22/h1,3-5,8-9,11H,2,6-7,10H2,(H,18,21). The monoisotopic (exact) mass is 344 g/mol. The highest BCUT2D eigenvalue weighted by Gasteiger charge is 2.08. The van der Waals surface area contributed by atoms with E-state index in [1.807, 2.05) is 11.4 Å². The van der Waals surface area contributed by atoms with E-state index in [0.29, 0.717) is 35.5 Å². The minimum atomic E-state index is -0.226. The number of hydrogen-bond donors (Lipinski definition) is 1. The first-order valence-electron chi connectivity index (χ1n) is 7.46. The third-order valence-corrected chi connectivity index (χ3v) is 4.19. The molecule has 0 aliphatic rings. The predicted molar refractivity (Wildman–Crippen MR) is 91.2 cm³/mol. The first-order valence-corrected chi connectivity index (χ1v) is 8.34. The largest absolute Gasteiger partial charge is 0.492 e. The smallest absolute Gasteiger partial charge is 0.271 e. The van der Waals surface area contributed by atoms with Gasteiger partial charge in [-0.2, -0.15) is 0 Å². The minimum Gasteiger partial charge on any atom is -0.492 e. The maximum atomic E-state index is 12.2. The molecular weight excluding hydrogens is 328 g/mol. The van der Waals surface area contributed by atoms with Gasteiger partial charge in [0.05, 0.1) is 24.6 Å². The molecule has 3 rings (SSSR count). The van der Waals surface area contributed by atoms with Crippen LogP contribution in [-0.2, 0) is 11.3 Å². The van der Waals surface area contributed by atoms with Gasteiger partial charge >= 0.3 is 0 Å². The number of amides is 1. The van der Waals surface area contributed by atoms with E-state index in [-0.39, 0.29) is 18.0 Å². The Labute approximate surface area is 141 Å². The molecule has 3 aromatic rings. The molecule has 0 saturated heterocycles. The van der Waals surface area contributed by atoms with Crippen molar-refractivity contribution in [2.75, 3.05) is 13.2 Å². The number of carbonyl (C=O) groups excluding carboxylic acids is 1.